The van der Waals surface area contributed by atoms with Crippen molar-refractivity contribution >= 4 is 16.7 Å². The predicted molar refractivity (Wildman–Crippen MR) is 133 cm³/mol. The molecule has 32 heavy (non-hydrogen) atoms. The van der Waals surface area contributed by atoms with Crippen molar-refractivity contribution in [3.05, 3.63) is 119 Å². The number of fused-ring (bicyclic) bond motifs is 1. The lowest BCUT2D eigenvalue weighted by Crippen LogP contribution is -2.44. The van der Waals surface area contributed by atoms with E-state index in [4.69, 9.17) is 0 Å². The maximum absolute atomic E-state index is 12.3. The molecule has 0 aliphatic rings. The number of quaternary nitrogens is 1. The molecule has 4 aromatic rings. The monoisotopic (exact) mass is 423 g/mol. The molecular weight excluding hydrogens is 392 g/mol. The van der Waals surface area contributed by atoms with Crippen LogP contribution in [0.15, 0.2) is 97.1 Å². The van der Waals surface area contributed by atoms with E-state index in [1.54, 1.807) is 0 Å². The molecule has 1 amide bonds. The maximum Gasteiger partial charge on any atom is 0.251 e. The molecule has 3 nitrogen and oxygen atoms in total. The highest BCUT2D eigenvalue weighted by atomic mass is 16.1. The van der Waals surface area contributed by atoms with Crippen LogP contribution in [0, 0.1) is 0 Å². The van der Waals surface area contributed by atoms with Gasteiger partial charge in [-0.1, -0.05) is 84.9 Å². The molecule has 0 bridgehead atoms. The van der Waals surface area contributed by atoms with E-state index in [1.807, 2.05) is 30.3 Å². The molecule has 0 aliphatic heterocycles. The second-order valence-electron chi connectivity index (χ2n) is 9.07. The zero-order valence-corrected chi connectivity index (χ0v) is 18.9. The van der Waals surface area contributed by atoms with Gasteiger partial charge in [0.2, 0.25) is 0 Å². The Balaban J connectivity index is 1.40. The summed E-state index contributed by atoms with van der Waals surface area (Å²) in [4.78, 5) is 12.3. The van der Waals surface area contributed by atoms with Gasteiger partial charge >= 0.3 is 0 Å². The van der Waals surface area contributed by atoms with Crippen molar-refractivity contribution in [3.63, 3.8) is 0 Å². The Morgan fingerprint density at radius 3 is 2.19 bits per heavy atom. The van der Waals surface area contributed by atoms with Gasteiger partial charge in [-0.2, -0.15) is 0 Å². The molecule has 4 aromatic carbocycles. The van der Waals surface area contributed by atoms with Crippen LogP contribution < -0.4 is 5.32 Å². The minimum Gasteiger partial charge on any atom is -0.346 e. The number of benzene rings is 4. The van der Waals surface area contributed by atoms with Crippen molar-refractivity contribution in [2.24, 2.45) is 0 Å². The number of carbonyl (C=O) groups is 1. The number of hydrogen-bond acceptors (Lipinski definition) is 1. The first-order valence-corrected chi connectivity index (χ1v) is 11.2. The Hall–Kier alpha value is -3.43. The van der Waals surface area contributed by atoms with Crippen LogP contribution in [0.3, 0.4) is 0 Å². The summed E-state index contributed by atoms with van der Waals surface area (Å²) in [5.41, 5.74) is 4.76. The lowest BCUT2D eigenvalue weighted by atomic mass is 9.97. The number of likely N-dealkylation sites (N-methyl/N-ethyl adjacent to an activating group) is 1. The normalized spacial score (nSPS) is 11.4. The average Bonchev–Trinajstić information content (AvgIpc) is 2.80. The van der Waals surface area contributed by atoms with Gasteiger partial charge in [-0.15, -0.1) is 0 Å². The molecule has 4 rings (SSSR count). The van der Waals surface area contributed by atoms with Gasteiger partial charge in [0.15, 0.2) is 0 Å². The first-order chi connectivity index (χ1) is 15.5. The number of hydrogen-bond donors (Lipinski definition) is 1. The predicted octanol–water partition coefficient (Wildman–Crippen LogP) is 5.44. The van der Waals surface area contributed by atoms with Crippen LogP contribution >= 0.6 is 0 Å². The van der Waals surface area contributed by atoms with Crippen LogP contribution in [-0.4, -0.2) is 37.6 Å². The lowest BCUT2D eigenvalue weighted by Gasteiger charge is -2.31. The SMILES string of the molecule is C[N+](C)(CCNC(=O)c1ccccc1)Cc1ccccc1Cc1ccc2ccccc2c1. The third-order valence-corrected chi connectivity index (χ3v) is 5.96. The van der Waals surface area contributed by atoms with Crippen LogP contribution in [0.4, 0.5) is 0 Å². The number of amides is 1. The highest BCUT2D eigenvalue weighted by Gasteiger charge is 2.18. The van der Waals surface area contributed by atoms with Gasteiger partial charge in [0, 0.05) is 11.1 Å². The summed E-state index contributed by atoms with van der Waals surface area (Å²) < 4.78 is 0.809. The number of rotatable bonds is 8. The van der Waals surface area contributed by atoms with Gasteiger partial charge in [-0.25, -0.2) is 0 Å². The largest absolute Gasteiger partial charge is 0.346 e. The number of nitrogens with zero attached hydrogens (tertiary/aromatic N) is 1. The minimum absolute atomic E-state index is 0.0118. The Morgan fingerprint density at radius 2 is 1.41 bits per heavy atom. The molecular formula is C29H31N2O+. The molecule has 1 N–H and O–H groups in total. The van der Waals surface area contributed by atoms with Gasteiger partial charge in [0.25, 0.3) is 5.91 Å². The van der Waals surface area contributed by atoms with E-state index in [9.17, 15) is 4.79 Å². The standard InChI is InChI=1S/C29H30N2O/c1-31(2,19-18-30-29(32)25-11-4-3-5-12-25)22-28-15-9-8-14-27(28)21-23-16-17-24-10-6-7-13-26(24)20-23/h3-17,20H,18-19,21-22H2,1-2H3/p+1. The van der Waals surface area contributed by atoms with E-state index < -0.39 is 0 Å². The quantitative estimate of drug-likeness (QED) is 0.376. The molecule has 0 aliphatic carbocycles. The Bertz CT molecular complexity index is 1200. The summed E-state index contributed by atoms with van der Waals surface area (Å²) in [7, 11) is 4.45. The number of carbonyl (C=O) groups excluding carboxylic acids is 1. The fourth-order valence-electron chi connectivity index (χ4n) is 4.16. The topological polar surface area (TPSA) is 29.1 Å². The molecule has 0 atom stereocenters. The first kappa shape index (κ1) is 21.8. The fourth-order valence-corrected chi connectivity index (χ4v) is 4.16. The summed E-state index contributed by atoms with van der Waals surface area (Å²) in [5.74, 6) is -0.0118. The van der Waals surface area contributed by atoms with E-state index in [-0.39, 0.29) is 5.91 Å². The van der Waals surface area contributed by atoms with Crippen molar-refractivity contribution in [2.75, 3.05) is 27.2 Å². The highest BCUT2D eigenvalue weighted by Crippen LogP contribution is 2.21. The molecule has 0 spiro atoms. The summed E-state index contributed by atoms with van der Waals surface area (Å²) in [5, 5.41) is 5.62. The van der Waals surface area contributed by atoms with Crippen molar-refractivity contribution in [1.29, 1.82) is 0 Å². The van der Waals surface area contributed by atoms with Crippen molar-refractivity contribution in [2.45, 2.75) is 13.0 Å². The molecule has 0 saturated carbocycles. The summed E-state index contributed by atoms with van der Waals surface area (Å²) in [6.45, 7) is 2.43. The fraction of sp³-hybridized carbons (Fsp3) is 0.207. The van der Waals surface area contributed by atoms with Gasteiger partial charge < -0.3 is 9.80 Å². The van der Waals surface area contributed by atoms with Crippen LogP contribution in [0.25, 0.3) is 10.8 Å². The molecule has 0 radical (unpaired) electrons. The molecule has 0 unspecified atom stereocenters. The Labute approximate surface area is 190 Å². The highest BCUT2D eigenvalue weighted by molar-refractivity contribution is 5.94. The Kier molecular flexibility index (Phi) is 6.67. The van der Waals surface area contributed by atoms with Crippen LogP contribution in [0.5, 0.6) is 0 Å². The van der Waals surface area contributed by atoms with Crippen LogP contribution in [-0.2, 0) is 13.0 Å². The number of nitrogens with one attached hydrogen (secondary N) is 1. The van der Waals surface area contributed by atoms with Crippen LogP contribution in [0.1, 0.15) is 27.0 Å². The molecule has 0 fully saturated rings. The lowest BCUT2D eigenvalue weighted by molar-refractivity contribution is -0.902. The summed E-state index contributed by atoms with van der Waals surface area (Å²) >= 11 is 0. The van der Waals surface area contributed by atoms with Gasteiger partial charge in [0.1, 0.15) is 6.54 Å². The van der Waals surface area contributed by atoms with Crippen LogP contribution in [0.2, 0.25) is 0 Å². The molecule has 0 heterocycles. The first-order valence-electron chi connectivity index (χ1n) is 11.2. The van der Waals surface area contributed by atoms with E-state index in [2.05, 4.69) is 86.1 Å². The van der Waals surface area contributed by atoms with Gasteiger partial charge in [-0.05, 0) is 40.5 Å². The summed E-state index contributed by atoms with van der Waals surface area (Å²) in [6.07, 6.45) is 0.922. The third-order valence-electron chi connectivity index (χ3n) is 5.96. The van der Waals surface area contributed by atoms with E-state index in [0.29, 0.717) is 12.1 Å². The van der Waals surface area contributed by atoms with Gasteiger partial charge in [-0.3, -0.25) is 4.79 Å². The van der Waals surface area contributed by atoms with Gasteiger partial charge in [0.05, 0.1) is 27.2 Å². The van der Waals surface area contributed by atoms with Crippen molar-refractivity contribution in [3.8, 4) is 0 Å². The second-order valence-corrected chi connectivity index (χ2v) is 9.07. The van der Waals surface area contributed by atoms with Crippen molar-refractivity contribution < 1.29 is 9.28 Å². The summed E-state index contributed by atoms with van der Waals surface area (Å²) in [6, 6.07) is 33.4. The van der Waals surface area contributed by atoms with E-state index >= 15 is 0 Å². The average molecular weight is 424 g/mol. The van der Waals surface area contributed by atoms with Crippen molar-refractivity contribution in [1.82, 2.24) is 5.32 Å². The third kappa shape index (κ3) is 5.63. The van der Waals surface area contributed by atoms with E-state index in [0.717, 1.165) is 24.0 Å². The smallest absolute Gasteiger partial charge is 0.251 e. The minimum atomic E-state index is -0.0118. The molecule has 0 aromatic heterocycles. The molecule has 0 saturated heterocycles. The molecule has 162 valence electrons. The zero-order valence-electron chi connectivity index (χ0n) is 18.9. The maximum atomic E-state index is 12.3. The zero-order chi connectivity index (χ0) is 22.4. The Morgan fingerprint density at radius 1 is 0.750 bits per heavy atom. The molecule has 3 heteroatoms. The second kappa shape index (κ2) is 9.80. The van der Waals surface area contributed by atoms with E-state index in [1.165, 1.54) is 27.5 Å².